The predicted octanol–water partition coefficient (Wildman–Crippen LogP) is 2.44. The van der Waals surface area contributed by atoms with E-state index in [0.717, 1.165) is 10.6 Å². The van der Waals surface area contributed by atoms with Crippen molar-refractivity contribution in [2.24, 2.45) is 0 Å². The van der Waals surface area contributed by atoms with Crippen molar-refractivity contribution >= 4 is 17.2 Å². The van der Waals surface area contributed by atoms with Gasteiger partial charge in [0, 0.05) is 11.6 Å². The number of phenolic OH excluding ortho intramolecular Hbond substituents is 1. The Bertz CT molecular complexity index is 565. The maximum Gasteiger partial charge on any atom is 0.225 e. The number of phenols is 1. The SMILES string of the molecule is CC(C)(NC(=O)Cc1cccc(O)c1)c1nccs1. The summed E-state index contributed by atoms with van der Waals surface area (Å²) in [5.41, 5.74) is 0.301. The Hall–Kier alpha value is -1.88. The van der Waals surface area contributed by atoms with Gasteiger partial charge in [0.25, 0.3) is 0 Å². The largest absolute Gasteiger partial charge is 0.508 e. The lowest BCUT2D eigenvalue weighted by atomic mass is 10.1. The van der Waals surface area contributed by atoms with Crippen LogP contribution in [0.5, 0.6) is 5.75 Å². The average Bonchev–Trinajstić information content (AvgIpc) is 2.81. The van der Waals surface area contributed by atoms with Crippen molar-refractivity contribution in [1.82, 2.24) is 10.3 Å². The Morgan fingerprint density at radius 2 is 2.26 bits per heavy atom. The minimum absolute atomic E-state index is 0.0919. The van der Waals surface area contributed by atoms with E-state index in [1.165, 1.54) is 11.3 Å². The molecule has 0 atom stereocenters. The van der Waals surface area contributed by atoms with E-state index >= 15 is 0 Å². The van der Waals surface area contributed by atoms with Gasteiger partial charge in [-0.05, 0) is 31.5 Å². The van der Waals surface area contributed by atoms with Gasteiger partial charge in [0.1, 0.15) is 10.8 Å². The summed E-state index contributed by atoms with van der Waals surface area (Å²) in [5.74, 6) is 0.0790. The number of benzene rings is 1. The molecule has 19 heavy (non-hydrogen) atoms. The van der Waals surface area contributed by atoms with E-state index in [1.807, 2.05) is 25.3 Å². The fraction of sp³-hybridized carbons (Fsp3) is 0.286. The summed E-state index contributed by atoms with van der Waals surface area (Å²) in [6.45, 7) is 3.85. The molecule has 0 spiro atoms. The summed E-state index contributed by atoms with van der Waals surface area (Å²) in [6.07, 6.45) is 1.96. The highest BCUT2D eigenvalue weighted by molar-refractivity contribution is 7.09. The van der Waals surface area contributed by atoms with Gasteiger partial charge in [0.15, 0.2) is 0 Å². The number of hydrogen-bond acceptors (Lipinski definition) is 4. The molecule has 0 unspecified atom stereocenters. The zero-order chi connectivity index (χ0) is 13.9. The van der Waals surface area contributed by atoms with E-state index < -0.39 is 5.54 Å². The van der Waals surface area contributed by atoms with Gasteiger partial charge in [-0.2, -0.15) is 0 Å². The number of amides is 1. The summed E-state index contributed by atoms with van der Waals surface area (Å²) in [7, 11) is 0. The van der Waals surface area contributed by atoms with Crippen molar-refractivity contribution in [2.75, 3.05) is 0 Å². The molecule has 0 bridgehead atoms. The van der Waals surface area contributed by atoms with Crippen molar-refractivity contribution in [1.29, 1.82) is 0 Å². The van der Waals surface area contributed by atoms with Gasteiger partial charge < -0.3 is 10.4 Å². The molecule has 2 aromatic rings. The van der Waals surface area contributed by atoms with E-state index in [2.05, 4.69) is 10.3 Å². The number of nitrogens with zero attached hydrogens (tertiary/aromatic N) is 1. The fourth-order valence-corrected chi connectivity index (χ4v) is 2.55. The number of carbonyl (C=O) groups is 1. The third-order valence-corrected chi connectivity index (χ3v) is 3.79. The quantitative estimate of drug-likeness (QED) is 0.901. The topological polar surface area (TPSA) is 62.2 Å². The van der Waals surface area contributed by atoms with E-state index in [-0.39, 0.29) is 18.1 Å². The second-order valence-corrected chi connectivity index (χ2v) is 5.75. The summed E-state index contributed by atoms with van der Waals surface area (Å²) in [6, 6.07) is 6.72. The Morgan fingerprint density at radius 1 is 1.47 bits per heavy atom. The van der Waals surface area contributed by atoms with Crippen molar-refractivity contribution in [3.63, 3.8) is 0 Å². The summed E-state index contributed by atoms with van der Waals surface area (Å²) < 4.78 is 0. The van der Waals surface area contributed by atoms with Gasteiger partial charge >= 0.3 is 0 Å². The zero-order valence-electron chi connectivity index (χ0n) is 10.9. The maximum absolute atomic E-state index is 12.0. The number of nitrogens with one attached hydrogen (secondary N) is 1. The summed E-state index contributed by atoms with van der Waals surface area (Å²) in [4.78, 5) is 16.2. The molecule has 0 fully saturated rings. The lowest BCUT2D eigenvalue weighted by Crippen LogP contribution is -2.41. The van der Waals surface area contributed by atoms with Gasteiger partial charge in [-0.25, -0.2) is 4.98 Å². The molecular formula is C14H16N2O2S. The smallest absolute Gasteiger partial charge is 0.225 e. The number of aromatic nitrogens is 1. The number of thiazole rings is 1. The van der Waals surface area contributed by atoms with Crippen LogP contribution in [-0.4, -0.2) is 16.0 Å². The van der Waals surface area contributed by atoms with Crippen LogP contribution >= 0.6 is 11.3 Å². The van der Waals surface area contributed by atoms with Crippen molar-refractivity contribution in [3.05, 3.63) is 46.4 Å². The minimum atomic E-state index is -0.484. The average molecular weight is 276 g/mol. The molecule has 0 aliphatic rings. The second kappa shape index (κ2) is 5.40. The normalized spacial score (nSPS) is 11.3. The molecule has 0 radical (unpaired) electrons. The van der Waals surface area contributed by atoms with Gasteiger partial charge in [-0.3, -0.25) is 4.79 Å². The molecule has 1 heterocycles. The molecule has 1 amide bonds. The molecule has 0 saturated heterocycles. The van der Waals surface area contributed by atoms with E-state index in [9.17, 15) is 9.90 Å². The predicted molar refractivity (Wildman–Crippen MR) is 75.1 cm³/mol. The van der Waals surface area contributed by atoms with E-state index in [0.29, 0.717) is 0 Å². The highest BCUT2D eigenvalue weighted by atomic mass is 32.1. The van der Waals surface area contributed by atoms with Gasteiger partial charge in [0.05, 0.1) is 12.0 Å². The first-order valence-corrected chi connectivity index (χ1v) is 6.84. The molecule has 2 rings (SSSR count). The molecule has 0 aliphatic carbocycles. The van der Waals surface area contributed by atoms with Crippen LogP contribution < -0.4 is 5.32 Å². The number of rotatable bonds is 4. The third kappa shape index (κ3) is 3.54. The first-order valence-electron chi connectivity index (χ1n) is 5.96. The molecular weight excluding hydrogens is 260 g/mol. The van der Waals surface area contributed by atoms with Crippen LogP contribution in [0, 0.1) is 0 Å². The number of carbonyl (C=O) groups excluding carboxylic acids is 1. The van der Waals surface area contributed by atoms with Crippen molar-refractivity contribution in [2.45, 2.75) is 25.8 Å². The third-order valence-electron chi connectivity index (χ3n) is 2.69. The lowest BCUT2D eigenvalue weighted by Gasteiger charge is -2.23. The molecule has 0 aliphatic heterocycles. The minimum Gasteiger partial charge on any atom is -0.508 e. The van der Waals surface area contributed by atoms with Gasteiger partial charge in [-0.15, -0.1) is 11.3 Å². The van der Waals surface area contributed by atoms with Crippen LogP contribution in [0.4, 0.5) is 0 Å². The van der Waals surface area contributed by atoms with Crippen LogP contribution in [0.2, 0.25) is 0 Å². The van der Waals surface area contributed by atoms with Crippen LogP contribution in [0.25, 0.3) is 0 Å². The molecule has 0 saturated carbocycles. The van der Waals surface area contributed by atoms with Crippen LogP contribution in [0.3, 0.4) is 0 Å². The van der Waals surface area contributed by atoms with Gasteiger partial charge in [-0.1, -0.05) is 12.1 Å². The van der Waals surface area contributed by atoms with Crippen LogP contribution in [0.15, 0.2) is 35.8 Å². The Morgan fingerprint density at radius 3 is 2.89 bits per heavy atom. The molecule has 1 aromatic carbocycles. The highest BCUT2D eigenvalue weighted by Gasteiger charge is 2.25. The summed E-state index contributed by atoms with van der Waals surface area (Å²) in [5, 5.41) is 15.1. The van der Waals surface area contributed by atoms with Crippen LogP contribution in [-0.2, 0) is 16.8 Å². The monoisotopic (exact) mass is 276 g/mol. The standard InChI is InChI=1S/C14H16N2O2S/c1-14(2,13-15-6-7-19-13)16-12(18)9-10-4-3-5-11(17)8-10/h3-8,17H,9H2,1-2H3,(H,16,18). The van der Waals surface area contributed by atoms with Gasteiger partial charge in [0.2, 0.25) is 5.91 Å². The van der Waals surface area contributed by atoms with Crippen molar-refractivity contribution < 1.29 is 9.90 Å². The number of hydrogen-bond donors (Lipinski definition) is 2. The lowest BCUT2D eigenvalue weighted by molar-refractivity contribution is -0.122. The zero-order valence-corrected chi connectivity index (χ0v) is 11.7. The Balaban J connectivity index is 2.02. The first kappa shape index (κ1) is 13.5. The van der Waals surface area contributed by atoms with E-state index in [1.54, 1.807) is 24.4 Å². The molecule has 100 valence electrons. The van der Waals surface area contributed by atoms with E-state index in [4.69, 9.17) is 0 Å². The molecule has 5 heteroatoms. The molecule has 2 N–H and O–H groups in total. The number of aromatic hydroxyl groups is 1. The Labute approximate surface area is 116 Å². The first-order chi connectivity index (χ1) is 8.97. The fourth-order valence-electron chi connectivity index (χ4n) is 1.83. The van der Waals surface area contributed by atoms with Crippen LogP contribution in [0.1, 0.15) is 24.4 Å². The van der Waals surface area contributed by atoms with Crippen molar-refractivity contribution in [3.8, 4) is 5.75 Å². The Kier molecular flexibility index (Phi) is 3.85. The maximum atomic E-state index is 12.0. The molecule has 4 nitrogen and oxygen atoms in total. The summed E-state index contributed by atoms with van der Waals surface area (Å²) >= 11 is 1.51. The molecule has 1 aromatic heterocycles. The second-order valence-electron chi connectivity index (χ2n) is 4.86. The highest BCUT2D eigenvalue weighted by Crippen LogP contribution is 2.22.